The number of benzene rings is 1. The standard InChI is InChI=1S/C13H20BrNO2/c1-13(2,10-16)15(3)7-8-17-12-6-4-5-11(14)9-12/h4-6,9,16H,7-8,10H2,1-3H3. The van der Waals surface area contributed by atoms with Crippen molar-refractivity contribution >= 4 is 15.9 Å². The maximum Gasteiger partial charge on any atom is 0.120 e. The summed E-state index contributed by atoms with van der Waals surface area (Å²) in [7, 11) is 1.99. The maximum atomic E-state index is 9.23. The minimum atomic E-state index is -0.208. The zero-order valence-corrected chi connectivity index (χ0v) is 12.2. The Labute approximate surface area is 112 Å². The van der Waals surface area contributed by atoms with E-state index >= 15 is 0 Å². The first-order chi connectivity index (χ1) is 7.95. The van der Waals surface area contributed by atoms with Crippen molar-refractivity contribution in [3.8, 4) is 5.75 Å². The van der Waals surface area contributed by atoms with Crippen molar-refractivity contribution < 1.29 is 9.84 Å². The molecule has 0 aliphatic rings. The summed E-state index contributed by atoms with van der Waals surface area (Å²) < 4.78 is 6.66. The van der Waals surface area contributed by atoms with E-state index in [0.717, 1.165) is 16.8 Å². The number of rotatable bonds is 6. The molecule has 0 aliphatic carbocycles. The fraction of sp³-hybridized carbons (Fsp3) is 0.538. The second kappa shape index (κ2) is 6.38. The van der Waals surface area contributed by atoms with Crippen LogP contribution in [-0.4, -0.2) is 42.4 Å². The monoisotopic (exact) mass is 301 g/mol. The van der Waals surface area contributed by atoms with Crippen molar-refractivity contribution in [2.24, 2.45) is 0 Å². The van der Waals surface area contributed by atoms with Crippen LogP contribution >= 0.6 is 15.9 Å². The van der Waals surface area contributed by atoms with E-state index in [-0.39, 0.29) is 12.1 Å². The van der Waals surface area contributed by atoms with Crippen molar-refractivity contribution in [1.29, 1.82) is 0 Å². The molecule has 0 radical (unpaired) electrons. The van der Waals surface area contributed by atoms with Crippen molar-refractivity contribution in [3.63, 3.8) is 0 Å². The Morgan fingerprint density at radius 1 is 1.41 bits per heavy atom. The van der Waals surface area contributed by atoms with Crippen LogP contribution in [0, 0.1) is 0 Å². The zero-order chi connectivity index (χ0) is 12.9. The Morgan fingerprint density at radius 3 is 2.71 bits per heavy atom. The molecule has 1 aromatic carbocycles. The van der Waals surface area contributed by atoms with Gasteiger partial charge in [-0.15, -0.1) is 0 Å². The van der Waals surface area contributed by atoms with Crippen LogP contribution in [0.3, 0.4) is 0 Å². The molecule has 0 atom stereocenters. The minimum Gasteiger partial charge on any atom is -0.492 e. The van der Waals surface area contributed by atoms with Crippen LogP contribution in [0.4, 0.5) is 0 Å². The lowest BCUT2D eigenvalue weighted by molar-refractivity contribution is 0.0678. The second-order valence-corrected chi connectivity index (χ2v) is 5.61. The molecule has 0 spiro atoms. The number of hydrogen-bond donors (Lipinski definition) is 1. The van der Waals surface area contributed by atoms with Crippen LogP contribution in [0.1, 0.15) is 13.8 Å². The summed E-state index contributed by atoms with van der Waals surface area (Å²) in [6.07, 6.45) is 0. The van der Waals surface area contributed by atoms with Crippen LogP contribution in [0.5, 0.6) is 5.75 Å². The van der Waals surface area contributed by atoms with Gasteiger partial charge < -0.3 is 9.84 Å². The largest absolute Gasteiger partial charge is 0.492 e. The first-order valence-electron chi connectivity index (χ1n) is 5.66. The molecule has 0 saturated carbocycles. The van der Waals surface area contributed by atoms with E-state index in [1.165, 1.54) is 0 Å². The van der Waals surface area contributed by atoms with Gasteiger partial charge in [-0.2, -0.15) is 0 Å². The number of likely N-dealkylation sites (N-methyl/N-ethyl adjacent to an activating group) is 1. The molecule has 4 heteroatoms. The van der Waals surface area contributed by atoms with E-state index in [9.17, 15) is 5.11 Å². The number of aliphatic hydroxyl groups is 1. The number of hydrogen-bond acceptors (Lipinski definition) is 3. The number of halogens is 1. The lowest BCUT2D eigenvalue weighted by Gasteiger charge is -2.33. The second-order valence-electron chi connectivity index (χ2n) is 4.70. The summed E-state index contributed by atoms with van der Waals surface area (Å²) in [5.41, 5.74) is -0.208. The summed E-state index contributed by atoms with van der Waals surface area (Å²) >= 11 is 3.40. The number of nitrogens with zero attached hydrogens (tertiary/aromatic N) is 1. The number of aliphatic hydroxyl groups excluding tert-OH is 1. The highest BCUT2D eigenvalue weighted by Crippen LogP contribution is 2.18. The van der Waals surface area contributed by atoms with Crippen molar-refractivity contribution in [2.75, 3.05) is 26.8 Å². The van der Waals surface area contributed by atoms with Crippen LogP contribution in [0.2, 0.25) is 0 Å². The first kappa shape index (κ1) is 14.5. The molecular weight excluding hydrogens is 282 g/mol. The third-order valence-corrected chi connectivity index (χ3v) is 3.41. The molecular formula is C13H20BrNO2. The molecule has 0 amide bonds. The van der Waals surface area contributed by atoms with Crippen molar-refractivity contribution in [2.45, 2.75) is 19.4 Å². The quantitative estimate of drug-likeness (QED) is 0.876. The molecule has 1 rings (SSSR count). The van der Waals surface area contributed by atoms with Gasteiger partial charge in [-0.05, 0) is 39.1 Å². The van der Waals surface area contributed by atoms with Gasteiger partial charge in [0.05, 0.1) is 6.61 Å². The average molecular weight is 302 g/mol. The highest BCUT2D eigenvalue weighted by atomic mass is 79.9. The lowest BCUT2D eigenvalue weighted by Crippen LogP contribution is -2.45. The predicted molar refractivity (Wildman–Crippen MR) is 73.4 cm³/mol. The normalized spacial score (nSPS) is 11.9. The molecule has 1 N–H and O–H groups in total. The lowest BCUT2D eigenvalue weighted by atomic mass is 10.1. The Kier molecular flexibility index (Phi) is 5.43. The fourth-order valence-electron chi connectivity index (χ4n) is 1.28. The Hall–Kier alpha value is -0.580. The van der Waals surface area contributed by atoms with Gasteiger partial charge >= 0.3 is 0 Å². The van der Waals surface area contributed by atoms with Crippen LogP contribution in [0.25, 0.3) is 0 Å². The van der Waals surface area contributed by atoms with E-state index in [2.05, 4.69) is 20.8 Å². The molecule has 0 saturated heterocycles. The van der Waals surface area contributed by atoms with Gasteiger partial charge in [0.15, 0.2) is 0 Å². The fourth-order valence-corrected chi connectivity index (χ4v) is 1.66. The molecule has 0 bridgehead atoms. The molecule has 0 fully saturated rings. The van der Waals surface area contributed by atoms with Crippen molar-refractivity contribution in [3.05, 3.63) is 28.7 Å². The van der Waals surface area contributed by atoms with Gasteiger partial charge in [0.25, 0.3) is 0 Å². The number of ether oxygens (including phenoxy) is 1. The molecule has 1 aromatic rings. The highest BCUT2D eigenvalue weighted by Gasteiger charge is 2.21. The highest BCUT2D eigenvalue weighted by molar-refractivity contribution is 9.10. The van der Waals surface area contributed by atoms with Gasteiger partial charge in [-0.3, -0.25) is 4.90 Å². The van der Waals surface area contributed by atoms with E-state index < -0.39 is 0 Å². The molecule has 0 aromatic heterocycles. The van der Waals surface area contributed by atoms with Crippen molar-refractivity contribution in [1.82, 2.24) is 4.90 Å². The maximum absolute atomic E-state index is 9.23. The van der Waals surface area contributed by atoms with Gasteiger partial charge in [-0.1, -0.05) is 22.0 Å². The van der Waals surface area contributed by atoms with E-state index in [4.69, 9.17) is 4.74 Å². The molecule has 96 valence electrons. The Morgan fingerprint density at radius 2 is 2.12 bits per heavy atom. The topological polar surface area (TPSA) is 32.7 Å². The van der Waals surface area contributed by atoms with Gasteiger partial charge in [-0.25, -0.2) is 0 Å². The summed E-state index contributed by atoms with van der Waals surface area (Å²) in [4.78, 5) is 2.09. The first-order valence-corrected chi connectivity index (χ1v) is 6.45. The Balaban J connectivity index is 2.38. The smallest absolute Gasteiger partial charge is 0.120 e. The van der Waals surface area contributed by atoms with E-state index in [1.807, 2.05) is 45.2 Å². The van der Waals surface area contributed by atoms with E-state index in [1.54, 1.807) is 0 Å². The van der Waals surface area contributed by atoms with Gasteiger partial charge in [0, 0.05) is 16.6 Å². The Bertz CT molecular complexity index is 355. The summed E-state index contributed by atoms with van der Waals surface area (Å²) in [5.74, 6) is 0.856. The molecule has 0 heterocycles. The summed E-state index contributed by atoms with van der Waals surface area (Å²) in [5, 5.41) is 9.23. The average Bonchev–Trinajstić information content (AvgIpc) is 2.29. The zero-order valence-electron chi connectivity index (χ0n) is 10.6. The third kappa shape index (κ3) is 4.66. The minimum absolute atomic E-state index is 0.139. The van der Waals surface area contributed by atoms with Crippen LogP contribution < -0.4 is 4.74 Å². The van der Waals surface area contributed by atoms with Crippen LogP contribution in [-0.2, 0) is 0 Å². The predicted octanol–water partition coefficient (Wildman–Crippen LogP) is 2.53. The molecule has 17 heavy (non-hydrogen) atoms. The summed E-state index contributed by atoms with van der Waals surface area (Å²) in [6.45, 7) is 5.54. The van der Waals surface area contributed by atoms with E-state index in [0.29, 0.717) is 6.61 Å². The third-order valence-electron chi connectivity index (χ3n) is 2.91. The molecule has 3 nitrogen and oxygen atoms in total. The molecule has 0 aliphatic heterocycles. The van der Waals surface area contributed by atoms with Crippen LogP contribution in [0.15, 0.2) is 28.7 Å². The van der Waals surface area contributed by atoms with Gasteiger partial charge in [0.1, 0.15) is 12.4 Å². The summed E-state index contributed by atoms with van der Waals surface area (Å²) in [6, 6.07) is 7.79. The molecule has 0 unspecified atom stereocenters. The van der Waals surface area contributed by atoms with Gasteiger partial charge in [0.2, 0.25) is 0 Å². The SMILES string of the molecule is CN(CCOc1cccc(Br)c1)C(C)(C)CO.